The van der Waals surface area contributed by atoms with Gasteiger partial charge in [-0.2, -0.15) is 0 Å². The van der Waals surface area contributed by atoms with Crippen molar-refractivity contribution in [1.82, 2.24) is 0 Å². The van der Waals surface area contributed by atoms with Crippen LogP contribution in [0.5, 0.6) is 0 Å². The van der Waals surface area contributed by atoms with Crippen LogP contribution < -0.4 is 5.73 Å². The molecule has 2 fully saturated rings. The maximum atomic E-state index is 10.6. The van der Waals surface area contributed by atoms with Crippen LogP contribution in [-0.2, 0) is 4.74 Å². The first-order chi connectivity index (χ1) is 7.89. The van der Waals surface area contributed by atoms with Crippen LogP contribution in [0.15, 0.2) is 0 Å². The van der Waals surface area contributed by atoms with Gasteiger partial charge in [0.25, 0.3) is 0 Å². The topological polar surface area (TPSA) is 55.5 Å². The van der Waals surface area contributed by atoms with E-state index in [4.69, 9.17) is 10.5 Å². The molecule has 4 atom stereocenters. The smallest absolute Gasteiger partial charge is 0.0660 e. The van der Waals surface area contributed by atoms with Gasteiger partial charge in [-0.25, -0.2) is 0 Å². The Morgan fingerprint density at radius 2 is 2.00 bits per heavy atom. The monoisotopic (exact) mass is 241 g/mol. The summed E-state index contributed by atoms with van der Waals surface area (Å²) in [5.74, 6) is 0. The summed E-state index contributed by atoms with van der Waals surface area (Å²) in [5.41, 5.74) is 5.87. The second-order valence-electron chi connectivity index (χ2n) is 6.81. The van der Waals surface area contributed by atoms with Crippen molar-refractivity contribution in [2.45, 2.75) is 71.2 Å². The first-order valence-electron chi connectivity index (χ1n) is 6.93. The fourth-order valence-corrected chi connectivity index (χ4v) is 3.67. The normalized spacial score (nSPS) is 45.4. The molecule has 0 spiro atoms. The summed E-state index contributed by atoms with van der Waals surface area (Å²) in [6, 6.07) is 0. The third-order valence-corrected chi connectivity index (χ3v) is 4.95. The summed E-state index contributed by atoms with van der Waals surface area (Å²) in [5, 5.41) is 10.6. The highest BCUT2D eigenvalue weighted by atomic mass is 16.5. The van der Waals surface area contributed by atoms with Gasteiger partial charge in [-0.1, -0.05) is 13.8 Å². The molecule has 0 aromatic carbocycles. The largest absolute Gasteiger partial charge is 0.392 e. The molecule has 1 saturated carbocycles. The molecule has 0 aromatic heterocycles. The predicted molar refractivity (Wildman–Crippen MR) is 68.7 cm³/mol. The van der Waals surface area contributed by atoms with E-state index in [1.165, 1.54) is 0 Å². The van der Waals surface area contributed by atoms with E-state index in [9.17, 15) is 5.11 Å². The summed E-state index contributed by atoms with van der Waals surface area (Å²) in [6.07, 6.45) is 5.68. The Morgan fingerprint density at radius 1 is 1.29 bits per heavy atom. The van der Waals surface area contributed by atoms with Crippen LogP contribution in [0, 0.1) is 10.8 Å². The average molecular weight is 241 g/mol. The van der Waals surface area contributed by atoms with E-state index in [1.54, 1.807) is 0 Å². The van der Waals surface area contributed by atoms with E-state index >= 15 is 0 Å². The molecule has 17 heavy (non-hydrogen) atoms. The molecule has 2 aliphatic rings. The van der Waals surface area contributed by atoms with Crippen molar-refractivity contribution in [2.24, 2.45) is 16.6 Å². The Bertz CT molecular complexity index is 279. The Kier molecular flexibility index (Phi) is 3.54. The molecular weight excluding hydrogens is 214 g/mol. The maximum absolute atomic E-state index is 10.6. The predicted octanol–water partition coefficient (Wildman–Crippen LogP) is 2.07. The second-order valence-corrected chi connectivity index (χ2v) is 6.81. The van der Waals surface area contributed by atoms with Crippen LogP contribution >= 0.6 is 0 Å². The number of hydrogen-bond donors (Lipinski definition) is 2. The lowest BCUT2D eigenvalue weighted by Gasteiger charge is -2.37. The Balaban J connectivity index is 2.05. The zero-order valence-electron chi connectivity index (χ0n) is 11.4. The maximum Gasteiger partial charge on any atom is 0.0660 e. The average Bonchev–Trinajstić information content (AvgIpc) is 2.77. The van der Waals surface area contributed by atoms with E-state index in [2.05, 4.69) is 20.8 Å². The number of aliphatic hydroxyl groups is 1. The second kappa shape index (κ2) is 4.52. The molecule has 3 nitrogen and oxygen atoms in total. The number of hydrogen-bond acceptors (Lipinski definition) is 3. The SMILES string of the molecule is CC1CCC(CC2(CN)CCC(C)(C)C2O)O1. The van der Waals surface area contributed by atoms with E-state index in [0.29, 0.717) is 18.8 Å². The van der Waals surface area contributed by atoms with Crippen molar-refractivity contribution in [3.63, 3.8) is 0 Å². The molecule has 0 bridgehead atoms. The number of aliphatic hydroxyl groups excluding tert-OH is 1. The van der Waals surface area contributed by atoms with Gasteiger partial charge in [0.15, 0.2) is 0 Å². The quantitative estimate of drug-likeness (QED) is 0.795. The van der Waals surface area contributed by atoms with Gasteiger partial charge in [0.2, 0.25) is 0 Å². The van der Waals surface area contributed by atoms with Crippen molar-refractivity contribution in [3.8, 4) is 0 Å². The zero-order valence-corrected chi connectivity index (χ0v) is 11.4. The molecule has 0 aromatic rings. The number of nitrogens with two attached hydrogens (primary N) is 1. The Morgan fingerprint density at radius 3 is 2.41 bits per heavy atom. The van der Waals surface area contributed by atoms with Crippen LogP contribution in [-0.4, -0.2) is 30.0 Å². The van der Waals surface area contributed by atoms with Crippen molar-refractivity contribution in [2.75, 3.05) is 6.54 Å². The van der Waals surface area contributed by atoms with E-state index in [1.807, 2.05) is 0 Å². The van der Waals surface area contributed by atoms with Crippen LogP contribution in [0.1, 0.15) is 52.9 Å². The summed E-state index contributed by atoms with van der Waals surface area (Å²) < 4.78 is 5.90. The Hall–Kier alpha value is -0.120. The van der Waals surface area contributed by atoms with Gasteiger partial charge in [0.05, 0.1) is 18.3 Å². The molecule has 1 aliphatic carbocycles. The van der Waals surface area contributed by atoms with E-state index in [0.717, 1.165) is 32.1 Å². The molecule has 3 heteroatoms. The highest BCUT2D eigenvalue weighted by molar-refractivity contribution is 5.03. The Labute approximate surface area is 105 Å². The zero-order chi connectivity index (χ0) is 12.7. The third-order valence-electron chi connectivity index (χ3n) is 4.95. The highest BCUT2D eigenvalue weighted by Crippen LogP contribution is 2.52. The van der Waals surface area contributed by atoms with Gasteiger partial charge in [-0.3, -0.25) is 0 Å². The summed E-state index contributed by atoms with van der Waals surface area (Å²) in [7, 11) is 0. The van der Waals surface area contributed by atoms with Crippen molar-refractivity contribution in [1.29, 1.82) is 0 Å². The molecule has 1 aliphatic heterocycles. The lowest BCUT2D eigenvalue weighted by atomic mass is 9.74. The molecule has 2 rings (SSSR count). The molecule has 100 valence electrons. The third kappa shape index (κ3) is 2.38. The molecule has 1 heterocycles. The number of rotatable bonds is 3. The number of ether oxygens (including phenoxy) is 1. The molecule has 3 N–H and O–H groups in total. The van der Waals surface area contributed by atoms with Gasteiger partial charge < -0.3 is 15.6 Å². The minimum Gasteiger partial charge on any atom is -0.392 e. The molecule has 4 unspecified atom stereocenters. The van der Waals surface area contributed by atoms with E-state index in [-0.39, 0.29) is 16.9 Å². The van der Waals surface area contributed by atoms with Crippen LogP contribution in [0.3, 0.4) is 0 Å². The van der Waals surface area contributed by atoms with Crippen molar-refractivity contribution >= 4 is 0 Å². The fraction of sp³-hybridized carbons (Fsp3) is 1.00. The van der Waals surface area contributed by atoms with E-state index < -0.39 is 0 Å². The molecular formula is C14H27NO2. The van der Waals surface area contributed by atoms with Crippen LogP contribution in [0.2, 0.25) is 0 Å². The fourth-order valence-electron chi connectivity index (χ4n) is 3.67. The van der Waals surface area contributed by atoms with Gasteiger partial charge in [-0.15, -0.1) is 0 Å². The molecule has 0 radical (unpaired) electrons. The lowest BCUT2D eigenvalue weighted by molar-refractivity contribution is -0.0438. The van der Waals surface area contributed by atoms with Crippen molar-refractivity contribution in [3.05, 3.63) is 0 Å². The lowest BCUT2D eigenvalue weighted by Crippen LogP contribution is -2.44. The van der Waals surface area contributed by atoms with Gasteiger partial charge in [0, 0.05) is 12.0 Å². The first-order valence-corrected chi connectivity index (χ1v) is 6.93. The molecule has 1 saturated heterocycles. The summed E-state index contributed by atoms with van der Waals surface area (Å²) in [6.45, 7) is 7.00. The van der Waals surface area contributed by atoms with Gasteiger partial charge in [-0.05, 0) is 44.4 Å². The van der Waals surface area contributed by atoms with Crippen LogP contribution in [0.4, 0.5) is 0 Å². The highest BCUT2D eigenvalue weighted by Gasteiger charge is 2.52. The van der Waals surface area contributed by atoms with Gasteiger partial charge in [0.1, 0.15) is 0 Å². The summed E-state index contributed by atoms with van der Waals surface area (Å²) in [4.78, 5) is 0. The van der Waals surface area contributed by atoms with Crippen molar-refractivity contribution < 1.29 is 9.84 Å². The minimum atomic E-state index is -0.292. The first kappa shape index (κ1) is 13.3. The minimum absolute atomic E-state index is 0.00356. The van der Waals surface area contributed by atoms with Gasteiger partial charge >= 0.3 is 0 Å². The standard InChI is InChI=1S/C14H27NO2/c1-10-4-5-11(17-10)8-14(9-15)7-6-13(2,3)12(14)16/h10-12,16H,4-9,15H2,1-3H3. The molecule has 0 amide bonds. The summed E-state index contributed by atoms with van der Waals surface area (Å²) >= 11 is 0. The van der Waals surface area contributed by atoms with Crippen LogP contribution in [0.25, 0.3) is 0 Å².